The third-order valence-electron chi connectivity index (χ3n) is 2.53. The Morgan fingerprint density at radius 3 is 2.57 bits per heavy atom. The third-order valence-corrected chi connectivity index (χ3v) is 4.67. The largest absolute Gasteiger partial charge is 0.307 e. The SMILES string of the molecule is CCC(C)(C)NCc1cc(C)c(Br)s1. The summed E-state index contributed by atoms with van der Waals surface area (Å²) in [6.45, 7) is 9.79. The molecule has 1 N–H and O–H groups in total. The second-order valence-corrected chi connectivity index (χ2v) is 6.72. The van der Waals surface area contributed by atoms with Gasteiger partial charge in [0, 0.05) is 17.0 Å². The van der Waals surface area contributed by atoms with Gasteiger partial charge in [0.25, 0.3) is 0 Å². The molecule has 0 aliphatic heterocycles. The molecule has 1 heterocycles. The van der Waals surface area contributed by atoms with Crippen molar-refractivity contribution < 1.29 is 0 Å². The molecule has 0 spiro atoms. The van der Waals surface area contributed by atoms with Crippen LogP contribution in [0, 0.1) is 6.92 Å². The Labute approximate surface area is 99.0 Å². The molecule has 3 heteroatoms. The molecule has 0 atom stereocenters. The number of rotatable bonds is 4. The van der Waals surface area contributed by atoms with E-state index in [9.17, 15) is 0 Å². The summed E-state index contributed by atoms with van der Waals surface area (Å²) in [4.78, 5) is 1.40. The minimum atomic E-state index is 0.240. The van der Waals surface area contributed by atoms with Gasteiger partial charge in [-0.05, 0) is 54.8 Å². The molecule has 0 aliphatic carbocycles. The highest BCUT2D eigenvalue weighted by molar-refractivity contribution is 9.11. The van der Waals surface area contributed by atoms with Gasteiger partial charge in [0.1, 0.15) is 0 Å². The van der Waals surface area contributed by atoms with Crippen molar-refractivity contribution in [2.24, 2.45) is 0 Å². The van der Waals surface area contributed by atoms with Crippen LogP contribution in [0.1, 0.15) is 37.6 Å². The molecule has 0 saturated carbocycles. The molecule has 1 rings (SSSR count). The van der Waals surface area contributed by atoms with Crippen molar-refractivity contribution in [1.29, 1.82) is 0 Å². The van der Waals surface area contributed by atoms with E-state index in [1.54, 1.807) is 0 Å². The van der Waals surface area contributed by atoms with E-state index in [0.717, 1.165) is 13.0 Å². The monoisotopic (exact) mass is 275 g/mol. The summed E-state index contributed by atoms with van der Waals surface area (Å²) in [7, 11) is 0. The molecule has 0 aromatic carbocycles. The molecular weight excluding hydrogens is 258 g/mol. The summed E-state index contributed by atoms with van der Waals surface area (Å²) in [5.74, 6) is 0. The Bertz CT molecular complexity index is 285. The van der Waals surface area contributed by atoms with Crippen LogP contribution in [0.5, 0.6) is 0 Å². The van der Waals surface area contributed by atoms with Gasteiger partial charge < -0.3 is 5.32 Å². The van der Waals surface area contributed by atoms with Crippen LogP contribution in [0.4, 0.5) is 0 Å². The van der Waals surface area contributed by atoms with Crippen molar-refractivity contribution in [3.63, 3.8) is 0 Å². The Morgan fingerprint density at radius 2 is 2.14 bits per heavy atom. The molecule has 0 bridgehead atoms. The Kier molecular flexibility index (Phi) is 4.16. The van der Waals surface area contributed by atoms with E-state index in [2.05, 4.69) is 55.0 Å². The lowest BCUT2D eigenvalue weighted by Crippen LogP contribution is -2.37. The number of nitrogens with one attached hydrogen (secondary N) is 1. The van der Waals surface area contributed by atoms with Gasteiger partial charge in [-0.3, -0.25) is 0 Å². The summed E-state index contributed by atoms with van der Waals surface area (Å²) in [6.07, 6.45) is 1.15. The lowest BCUT2D eigenvalue weighted by atomic mass is 10.0. The molecule has 0 unspecified atom stereocenters. The van der Waals surface area contributed by atoms with Gasteiger partial charge in [-0.2, -0.15) is 0 Å². The average molecular weight is 276 g/mol. The van der Waals surface area contributed by atoms with Crippen molar-refractivity contribution >= 4 is 27.3 Å². The zero-order valence-electron chi connectivity index (χ0n) is 9.28. The van der Waals surface area contributed by atoms with Gasteiger partial charge in [0.05, 0.1) is 3.79 Å². The molecule has 1 nitrogen and oxygen atoms in total. The van der Waals surface area contributed by atoms with Gasteiger partial charge >= 0.3 is 0 Å². The van der Waals surface area contributed by atoms with Crippen LogP contribution < -0.4 is 5.32 Å². The van der Waals surface area contributed by atoms with Crippen LogP contribution >= 0.6 is 27.3 Å². The zero-order chi connectivity index (χ0) is 10.8. The quantitative estimate of drug-likeness (QED) is 0.873. The summed E-state index contributed by atoms with van der Waals surface area (Å²) < 4.78 is 1.25. The minimum absolute atomic E-state index is 0.240. The molecule has 14 heavy (non-hydrogen) atoms. The molecule has 1 aromatic heterocycles. The number of hydrogen-bond donors (Lipinski definition) is 1. The van der Waals surface area contributed by atoms with E-state index in [1.165, 1.54) is 14.2 Å². The first kappa shape index (κ1) is 12.2. The van der Waals surface area contributed by atoms with E-state index >= 15 is 0 Å². The topological polar surface area (TPSA) is 12.0 Å². The van der Waals surface area contributed by atoms with Crippen LogP contribution in [-0.2, 0) is 6.54 Å². The molecule has 80 valence electrons. The number of hydrogen-bond acceptors (Lipinski definition) is 2. The van der Waals surface area contributed by atoms with Crippen molar-refractivity contribution in [2.45, 2.75) is 46.2 Å². The second kappa shape index (κ2) is 4.77. The smallest absolute Gasteiger partial charge is 0.0730 e. The third kappa shape index (κ3) is 3.37. The van der Waals surface area contributed by atoms with Gasteiger partial charge in [-0.1, -0.05) is 6.92 Å². The summed E-state index contributed by atoms with van der Waals surface area (Å²) >= 11 is 5.36. The molecule has 0 amide bonds. The summed E-state index contributed by atoms with van der Waals surface area (Å²) in [6, 6.07) is 2.24. The van der Waals surface area contributed by atoms with Crippen molar-refractivity contribution in [3.05, 3.63) is 20.3 Å². The van der Waals surface area contributed by atoms with Crippen molar-refractivity contribution in [3.8, 4) is 0 Å². The van der Waals surface area contributed by atoms with Gasteiger partial charge in [0.15, 0.2) is 0 Å². The van der Waals surface area contributed by atoms with E-state index in [0.29, 0.717) is 0 Å². The van der Waals surface area contributed by atoms with Crippen molar-refractivity contribution in [1.82, 2.24) is 5.32 Å². The molecule has 0 saturated heterocycles. The van der Waals surface area contributed by atoms with Crippen LogP contribution in [0.2, 0.25) is 0 Å². The van der Waals surface area contributed by atoms with Crippen LogP contribution in [0.15, 0.2) is 9.85 Å². The van der Waals surface area contributed by atoms with E-state index in [-0.39, 0.29) is 5.54 Å². The molecule has 0 radical (unpaired) electrons. The predicted molar refractivity (Wildman–Crippen MR) is 68.0 cm³/mol. The fraction of sp³-hybridized carbons (Fsp3) is 0.636. The average Bonchev–Trinajstić information content (AvgIpc) is 2.44. The highest BCUT2D eigenvalue weighted by atomic mass is 79.9. The number of thiophene rings is 1. The lowest BCUT2D eigenvalue weighted by molar-refractivity contribution is 0.376. The number of halogens is 1. The standard InChI is InChI=1S/C11H18BrNS/c1-5-11(3,4)13-7-9-6-8(2)10(12)14-9/h6,13H,5,7H2,1-4H3. The molecule has 0 fully saturated rings. The Balaban J connectivity index is 2.54. The first-order valence-corrected chi connectivity index (χ1v) is 6.55. The maximum absolute atomic E-state index is 3.56. The molecular formula is C11H18BrNS. The first-order chi connectivity index (χ1) is 6.44. The minimum Gasteiger partial charge on any atom is -0.307 e. The normalized spacial score (nSPS) is 12.1. The predicted octanol–water partition coefficient (Wildman–Crippen LogP) is 4.10. The van der Waals surface area contributed by atoms with Crippen LogP contribution in [0.3, 0.4) is 0 Å². The maximum Gasteiger partial charge on any atom is 0.0730 e. The highest BCUT2D eigenvalue weighted by Gasteiger charge is 2.14. The highest BCUT2D eigenvalue weighted by Crippen LogP contribution is 2.27. The molecule has 0 aliphatic rings. The van der Waals surface area contributed by atoms with Gasteiger partial charge in [-0.15, -0.1) is 11.3 Å². The van der Waals surface area contributed by atoms with Gasteiger partial charge in [0.2, 0.25) is 0 Å². The lowest BCUT2D eigenvalue weighted by Gasteiger charge is -2.24. The first-order valence-electron chi connectivity index (χ1n) is 4.94. The van der Waals surface area contributed by atoms with Crippen LogP contribution in [-0.4, -0.2) is 5.54 Å². The van der Waals surface area contributed by atoms with E-state index < -0.39 is 0 Å². The maximum atomic E-state index is 3.56. The Morgan fingerprint density at radius 1 is 1.50 bits per heavy atom. The molecule has 1 aromatic rings. The Hall–Kier alpha value is 0.140. The van der Waals surface area contributed by atoms with Crippen molar-refractivity contribution in [2.75, 3.05) is 0 Å². The summed E-state index contributed by atoms with van der Waals surface area (Å²) in [5.41, 5.74) is 1.57. The zero-order valence-corrected chi connectivity index (χ0v) is 11.7. The fourth-order valence-corrected chi connectivity index (χ4v) is 2.63. The van der Waals surface area contributed by atoms with E-state index in [4.69, 9.17) is 0 Å². The van der Waals surface area contributed by atoms with Gasteiger partial charge in [-0.25, -0.2) is 0 Å². The fourth-order valence-electron chi connectivity index (χ4n) is 1.06. The summed E-state index contributed by atoms with van der Waals surface area (Å²) in [5, 5.41) is 3.56. The van der Waals surface area contributed by atoms with E-state index in [1.807, 2.05) is 11.3 Å². The van der Waals surface area contributed by atoms with Crippen LogP contribution in [0.25, 0.3) is 0 Å². The number of aryl methyl sites for hydroxylation is 1. The second-order valence-electron chi connectivity index (χ2n) is 4.26.